The first-order valence-electron chi connectivity index (χ1n) is 4.18. The molecule has 12 heavy (non-hydrogen) atoms. The quantitative estimate of drug-likeness (QED) is 0.653. The normalized spacial score (nSPS) is 11.8. The van der Waals surface area contributed by atoms with Crippen LogP contribution in [0.4, 0.5) is 8.78 Å². The molecular formula is C7H16BF2NS. The summed E-state index contributed by atoms with van der Waals surface area (Å²) < 4.78 is 24.7. The van der Waals surface area contributed by atoms with Gasteiger partial charge < -0.3 is 5.23 Å². The van der Waals surface area contributed by atoms with Crippen LogP contribution in [0, 0.1) is 0 Å². The minimum Gasteiger partial charge on any atom is -0.342 e. The fraction of sp³-hybridized carbons (Fsp3) is 1.00. The summed E-state index contributed by atoms with van der Waals surface area (Å²) in [6.07, 6.45) is 1.20. The van der Waals surface area contributed by atoms with Crippen LogP contribution in [0.15, 0.2) is 0 Å². The summed E-state index contributed by atoms with van der Waals surface area (Å²) in [4.78, 5) is 0. The fourth-order valence-electron chi connectivity index (χ4n) is 0.676. The topological polar surface area (TPSA) is 12.0 Å². The Hall–Kier alpha value is 0.235. The number of halogens is 2. The van der Waals surface area contributed by atoms with Gasteiger partial charge in [-0.15, -0.1) is 0 Å². The van der Waals surface area contributed by atoms with E-state index in [0.717, 1.165) is 19.1 Å². The summed E-state index contributed by atoms with van der Waals surface area (Å²) >= 11 is 1.67. The van der Waals surface area contributed by atoms with Gasteiger partial charge in [0, 0.05) is 6.92 Å². The van der Waals surface area contributed by atoms with Crippen LogP contribution in [0.5, 0.6) is 0 Å². The van der Waals surface area contributed by atoms with Gasteiger partial charge in [0.05, 0.1) is 6.54 Å². The van der Waals surface area contributed by atoms with Gasteiger partial charge in [0.2, 0.25) is 0 Å². The molecular weight excluding hydrogens is 179 g/mol. The molecule has 0 aromatic heterocycles. The predicted molar refractivity (Wildman–Crippen MR) is 53.0 cm³/mol. The Labute approximate surface area is 77.7 Å². The number of rotatable bonds is 6. The second kappa shape index (κ2) is 5.81. The molecule has 72 valence electrons. The van der Waals surface area contributed by atoms with Crippen LogP contribution in [-0.4, -0.2) is 24.3 Å². The van der Waals surface area contributed by atoms with Crippen molar-refractivity contribution in [3.63, 3.8) is 0 Å². The van der Waals surface area contributed by atoms with Crippen LogP contribution >= 0.6 is 11.6 Å². The second-order valence-corrected chi connectivity index (χ2v) is 4.41. The molecule has 0 bridgehead atoms. The lowest BCUT2D eigenvalue weighted by Crippen LogP contribution is -2.37. The van der Waals surface area contributed by atoms with Gasteiger partial charge in [-0.3, -0.25) is 0 Å². The van der Waals surface area contributed by atoms with E-state index in [1.807, 2.05) is 6.82 Å². The molecule has 0 radical (unpaired) electrons. The van der Waals surface area contributed by atoms with E-state index in [-0.39, 0.29) is 12.7 Å². The van der Waals surface area contributed by atoms with E-state index >= 15 is 0 Å². The minimum absolute atomic E-state index is 0.121. The Morgan fingerprint density at radius 1 is 1.50 bits per heavy atom. The zero-order valence-electron chi connectivity index (χ0n) is 7.86. The van der Waals surface area contributed by atoms with E-state index in [1.54, 1.807) is 11.6 Å². The van der Waals surface area contributed by atoms with Crippen molar-refractivity contribution >= 4 is 17.7 Å². The maximum atomic E-state index is 12.3. The van der Waals surface area contributed by atoms with Crippen LogP contribution < -0.4 is 5.23 Å². The van der Waals surface area contributed by atoms with Gasteiger partial charge in [-0.1, -0.05) is 13.7 Å². The summed E-state index contributed by atoms with van der Waals surface area (Å²) in [6.45, 7) is 4.68. The molecule has 5 heteroatoms. The smallest absolute Gasteiger partial charge is 0.285 e. The second-order valence-electron chi connectivity index (χ2n) is 2.96. The standard InChI is InChI=1S/C7H16BF2NS/c1-4-5-12-8(3)11-6-7(2,9)10/h11H,4-6H2,1-3H3. The van der Waals surface area contributed by atoms with Crippen LogP contribution in [-0.2, 0) is 0 Å². The molecule has 0 amide bonds. The Morgan fingerprint density at radius 3 is 2.50 bits per heavy atom. The molecule has 0 aliphatic carbocycles. The van der Waals surface area contributed by atoms with Gasteiger partial charge in [-0.25, -0.2) is 8.78 Å². The third-order valence-electron chi connectivity index (χ3n) is 1.27. The third-order valence-corrected chi connectivity index (χ3v) is 2.58. The van der Waals surface area contributed by atoms with Gasteiger partial charge in [-0.05, 0) is 12.2 Å². The highest BCUT2D eigenvalue weighted by molar-refractivity contribution is 8.25. The predicted octanol–water partition coefficient (Wildman–Crippen LogP) is 2.49. The molecule has 0 unspecified atom stereocenters. The maximum absolute atomic E-state index is 12.3. The molecule has 0 heterocycles. The maximum Gasteiger partial charge on any atom is 0.285 e. The highest BCUT2D eigenvalue weighted by Gasteiger charge is 2.22. The van der Waals surface area contributed by atoms with Crippen LogP contribution in [0.2, 0.25) is 6.82 Å². The molecule has 0 atom stereocenters. The van der Waals surface area contributed by atoms with Crippen LogP contribution in [0.3, 0.4) is 0 Å². The van der Waals surface area contributed by atoms with E-state index in [4.69, 9.17) is 0 Å². The Kier molecular flexibility index (Phi) is 5.92. The molecule has 0 fully saturated rings. The first kappa shape index (κ1) is 12.2. The lowest BCUT2D eigenvalue weighted by atomic mass is 9.97. The number of hydrogen-bond donors (Lipinski definition) is 1. The summed E-state index contributed by atoms with van der Waals surface area (Å²) in [7, 11) is 0. The molecule has 1 N–H and O–H groups in total. The lowest BCUT2D eigenvalue weighted by Gasteiger charge is -2.14. The molecule has 0 aliphatic rings. The molecule has 0 aromatic carbocycles. The highest BCUT2D eigenvalue weighted by atomic mass is 32.2. The monoisotopic (exact) mass is 195 g/mol. The Morgan fingerprint density at radius 2 is 2.08 bits per heavy atom. The van der Waals surface area contributed by atoms with Crippen molar-refractivity contribution in [1.29, 1.82) is 0 Å². The molecule has 0 aromatic rings. The summed E-state index contributed by atoms with van der Waals surface area (Å²) in [6, 6.07) is 0. The summed E-state index contributed by atoms with van der Waals surface area (Å²) in [5, 5.41) is 2.77. The van der Waals surface area contributed by atoms with Crippen LogP contribution in [0.25, 0.3) is 0 Å². The molecule has 0 aliphatic heterocycles. The van der Waals surface area contributed by atoms with E-state index < -0.39 is 5.92 Å². The average Bonchev–Trinajstić information content (AvgIpc) is 1.95. The number of hydrogen-bond acceptors (Lipinski definition) is 2. The number of alkyl halides is 2. The van der Waals surface area contributed by atoms with Crippen molar-refractivity contribution in [2.45, 2.75) is 33.0 Å². The van der Waals surface area contributed by atoms with Gasteiger partial charge in [0.1, 0.15) is 0 Å². The van der Waals surface area contributed by atoms with E-state index in [0.29, 0.717) is 0 Å². The van der Waals surface area contributed by atoms with Crippen molar-refractivity contribution < 1.29 is 8.78 Å². The minimum atomic E-state index is -2.60. The van der Waals surface area contributed by atoms with E-state index in [1.165, 1.54) is 0 Å². The largest absolute Gasteiger partial charge is 0.342 e. The number of nitrogens with one attached hydrogen (secondary N) is 1. The van der Waals surface area contributed by atoms with Gasteiger partial charge in [-0.2, -0.15) is 11.6 Å². The van der Waals surface area contributed by atoms with Gasteiger partial charge in [0.25, 0.3) is 12.0 Å². The molecule has 1 nitrogen and oxygen atoms in total. The molecule has 0 saturated heterocycles. The highest BCUT2D eigenvalue weighted by Crippen LogP contribution is 2.11. The Balaban J connectivity index is 3.37. The van der Waals surface area contributed by atoms with Gasteiger partial charge >= 0.3 is 0 Å². The molecule has 0 rings (SSSR count). The summed E-state index contributed by atoms with van der Waals surface area (Å²) in [5.74, 6) is -1.58. The van der Waals surface area contributed by atoms with Crippen LogP contribution in [0.1, 0.15) is 20.3 Å². The fourth-order valence-corrected chi connectivity index (χ4v) is 1.47. The van der Waals surface area contributed by atoms with E-state index in [9.17, 15) is 8.78 Å². The first-order chi connectivity index (χ1) is 5.45. The van der Waals surface area contributed by atoms with Crippen molar-refractivity contribution in [2.24, 2.45) is 0 Å². The first-order valence-corrected chi connectivity index (χ1v) is 5.23. The molecule has 0 spiro atoms. The zero-order chi connectivity index (χ0) is 9.61. The average molecular weight is 195 g/mol. The van der Waals surface area contributed by atoms with Crippen molar-refractivity contribution in [1.82, 2.24) is 5.23 Å². The molecule has 0 saturated carbocycles. The lowest BCUT2D eigenvalue weighted by molar-refractivity contribution is 0.0280. The third kappa shape index (κ3) is 8.33. The van der Waals surface area contributed by atoms with Crippen molar-refractivity contribution in [3.8, 4) is 0 Å². The van der Waals surface area contributed by atoms with Gasteiger partial charge in [0.15, 0.2) is 0 Å². The Bertz CT molecular complexity index is 118. The summed E-state index contributed by atoms with van der Waals surface area (Å²) in [5.41, 5.74) is 0. The van der Waals surface area contributed by atoms with Crippen molar-refractivity contribution in [3.05, 3.63) is 0 Å². The SMILES string of the molecule is CCCSB(C)NCC(C)(F)F. The zero-order valence-corrected chi connectivity index (χ0v) is 8.68. The van der Waals surface area contributed by atoms with Crippen molar-refractivity contribution in [2.75, 3.05) is 12.3 Å². The van der Waals surface area contributed by atoms with E-state index in [2.05, 4.69) is 12.2 Å².